The molecule has 0 aromatic heterocycles. The molecule has 1 aliphatic carbocycles. The van der Waals surface area contributed by atoms with Crippen LogP contribution < -0.4 is 16.8 Å². The van der Waals surface area contributed by atoms with Crippen molar-refractivity contribution in [2.45, 2.75) is 57.0 Å². The van der Waals surface area contributed by atoms with E-state index in [0.29, 0.717) is 18.5 Å². The zero-order valence-electron chi connectivity index (χ0n) is 9.37. The number of unbranched alkanes of at least 4 members (excludes halogenated alkanes) is 1. The Kier molecular flexibility index (Phi) is 5.65. The Morgan fingerprint density at radius 3 is 2.47 bits per heavy atom. The number of amides is 1. The third kappa shape index (κ3) is 5.74. The van der Waals surface area contributed by atoms with Gasteiger partial charge in [-0.25, -0.2) is 0 Å². The average molecular weight is 213 g/mol. The number of rotatable bonds is 6. The summed E-state index contributed by atoms with van der Waals surface area (Å²) in [5, 5.41) is 3.51. The first-order chi connectivity index (χ1) is 7.18. The second kappa shape index (κ2) is 6.80. The monoisotopic (exact) mass is 213 g/mol. The molecule has 5 N–H and O–H groups in total. The zero-order valence-corrected chi connectivity index (χ0v) is 9.37. The van der Waals surface area contributed by atoms with Crippen molar-refractivity contribution in [3.05, 3.63) is 0 Å². The molecule has 1 amide bonds. The largest absolute Gasteiger partial charge is 0.370 e. The van der Waals surface area contributed by atoms with Crippen LogP contribution in [0.1, 0.15) is 44.9 Å². The molecule has 0 aromatic carbocycles. The van der Waals surface area contributed by atoms with Gasteiger partial charge in [0, 0.05) is 18.5 Å². The highest BCUT2D eigenvalue weighted by Gasteiger charge is 2.17. The van der Waals surface area contributed by atoms with Crippen molar-refractivity contribution in [2.75, 3.05) is 6.54 Å². The molecule has 0 bridgehead atoms. The lowest BCUT2D eigenvalue weighted by Gasteiger charge is -2.26. The van der Waals surface area contributed by atoms with Gasteiger partial charge in [-0.05, 0) is 45.1 Å². The summed E-state index contributed by atoms with van der Waals surface area (Å²) in [6, 6.07) is 1.05. The summed E-state index contributed by atoms with van der Waals surface area (Å²) >= 11 is 0. The summed E-state index contributed by atoms with van der Waals surface area (Å²) in [5.41, 5.74) is 10.9. The van der Waals surface area contributed by atoms with E-state index in [4.69, 9.17) is 11.5 Å². The number of primary amides is 1. The van der Waals surface area contributed by atoms with E-state index in [9.17, 15) is 4.79 Å². The highest BCUT2D eigenvalue weighted by atomic mass is 16.1. The molecule has 0 aromatic rings. The summed E-state index contributed by atoms with van der Waals surface area (Å²) in [7, 11) is 0. The van der Waals surface area contributed by atoms with Gasteiger partial charge in [0.05, 0.1) is 0 Å². The van der Waals surface area contributed by atoms with E-state index in [-0.39, 0.29) is 5.91 Å². The Morgan fingerprint density at radius 2 is 1.87 bits per heavy atom. The van der Waals surface area contributed by atoms with Crippen LogP contribution in [0.4, 0.5) is 0 Å². The summed E-state index contributed by atoms with van der Waals surface area (Å²) in [5.74, 6) is -0.196. The highest BCUT2D eigenvalue weighted by Crippen LogP contribution is 2.16. The third-order valence-corrected chi connectivity index (χ3v) is 3.05. The topological polar surface area (TPSA) is 81.1 Å². The third-order valence-electron chi connectivity index (χ3n) is 3.05. The molecule has 88 valence electrons. The van der Waals surface area contributed by atoms with Gasteiger partial charge in [0.2, 0.25) is 5.91 Å². The summed E-state index contributed by atoms with van der Waals surface area (Å²) in [6.45, 7) is 0.993. The Morgan fingerprint density at radius 1 is 1.20 bits per heavy atom. The van der Waals surface area contributed by atoms with Gasteiger partial charge in [0.15, 0.2) is 0 Å². The fourth-order valence-electron chi connectivity index (χ4n) is 2.05. The molecule has 0 radical (unpaired) electrons. The van der Waals surface area contributed by atoms with Crippen molar-refractivity contribution in [3.63, 3.8) is 0 Å². The number of hydrogen-bond donors (Lipinski definition) is 3. The lowest BCUT2D eigenvalue weighted by atomic mass is 9.92. The highest BCUT2D eigenvalue weighted by molar-refractivity contribution is 5.73. The van der Waals surface area contributed by atoms with E-state index < -0.39 is 0 Å². The Bertz CT molecular complexity index is 188. The maximum absolute atomic E-state index is 10.5. The van der Waals surface area contributed by atoms with Crippen LogP contribution in [0.5, 0.6) is 0 Å². The molecule has 1 aliphatic rings. The minimum absolute atomic E-state index is 0.196. The quantitative estimate of drug-likeness (QED) is 0.562. The van der Waals surface area contributed by atoms with Gasteiger partial charge in [-0.2, -0.15) is 0 Å². The number of hydrogen-bond acceptors (Lipinski definition) is 3. The minimum Gasteiger partial charge on any atom is -0.370 e. The van der Waals surface area contributed by atoms with E-state index in [2.05, 4.69) is 5.32 Å². The van der Waals surface area contributed by atoms with Crippen LogP contribution >= 0.6 is 0 Å². The maximum atomic E-state index is 10.5. The molecular weight excluding hydrogens is 190 g/mol. The van der Waals surface area contributed by atoms with E-state index in [1.807, 2.05) is 0 Å². The smallest absolute Gasteiger partial charge is 0.217 e. The van der Waals surface area contributed by atoms with Gasteiger partial charge in [0.25, 0.3) is 0 Å². The molecule has 0 atom stereocenters. The van der Waals surface area contributed by atoms with Gasteiger partial charge in [-0.3, -0.25) is 4.79 Å². The van der Waals surface area contributed by atoms with Crippen molar-refractivity contribution in [2.24, 2.45) is 11.5 Å². The van der Waals surface area contributed by atoms with E-state index in [0.717, 1.165) is 32.2 Å². The van der Waals surface area contributed by atoms with Crippen molar-refractivity contribution < 1.29 is 4.79 Å². The molecule has 0 aliphatic heterocycles. The van der Waals surface area contributed by atoms with Crippen LogP contribution in [-0.4, -0.2) is 24.5 Å². The first-order valence-corrected chi connectivity index (χ1v) is 5.95. The lowest BCUT2D eigenvalue weighted by molar-refractivity contribution is -0.118. The predicted molar refractivity (Wildman–Crippen MR) is 61.3 cm³/mol. The Labute approximate surface area is 91.8 Å². The number of nitrogens with two attached hydrogens (primary N) is 2. The molecule has 0 saturated heterocycles. The number of nitrogens with one attached hydrogen (secondary N) is 1. The first-order valence-electron chi connectivity index (χ1n) is 5.95. The van der Waals surface area contributed by atoms with Crippen LogP contribution in [0.25, 0.3) is 0 Å². The SMILES string of the molecule is NC(=O)CCCCNC1CCC(N)CC1. The van der Waals surface area contributed by atoms with Crippen molar-refractivity contribution in [1.29, 1.82) is 0 Å². The fraction of sp³-hybridized carbons (Fsp3) is 0.909. The molecule has 0 spiro atoms. The lowest BCUT2D eigenvalue weighted by Crippen LogP contribution is -2.37. The molecule has 1 fully saturated rings. The summed E-state index contributed by atoms with van der Waals surface area (Å²) in [4.78, 5) is 10.5. The van der Waals surface area contributed by atoms with Crippen molar-refractivity contribution >= 4 is 5.91 Å². The Hall–Kier alpha value is -0.610. The second-order valence-corrected chi connectivity index (χ2v) is 4.49. The van der Waals surface area contributed by atoms with Crippen LogP contribution in [0, 0.1) is 0 Å². The zero-order chi connectivity index (χ0) is 11.1. The number of carbonyl (C=O) groups excluding carboxylic acids is 1. The maximum Gasteiger partial charge on any atom is 0.217 e. The summed E-state index contributed by atoms with van der Waals surface area (Å²) in [6.07, 6.45) is 7.10. The van der Waals surface area contributed by atoms with Crippen molar-refractivity contribution in [1.82, 2.24) is 5.32 Å². The van der Waals surface area contributed by atoms with Crippen LogP contribution in [-0.2, 0) is 4.79 Å². The van der Waals surface area contributed by atoms with Crippen LogP contribution in [0.3, 0.4) is 0 Å². The van der Waals surface area contributed by atoms with Crippen molar-refractivity contribution in [3.8, 4) is 0 Å². The second-order valence-electron chi connectivity index (χ2n) is 4.49. The molecule has 4 nitrogen and oxygen atoms in total. The molecular formula is C11H23N3O. The van der Waals surface area contributed by atoms with E-state index in [1.54, 1.807) is 0 Å². The van der Waals surface area contributed by atoms with Gasteiger partial charge >= 0.3 is 0 Å². The minimum atomic E-state index is -0.196. The van der Waals surface area contributed by atoms with E-state index in [1.165, 1.54) is 12.8 Å². The first kappa shape index (κ1) is 12.5. The normalized spacial score (nSPS) is 26.5. The molecule has 1 saturated carbocycles. The fourth-order valence-corrected chi connectivity index (χ4v) is 2.05. The molecule has 1 rings (SSSR count). The Balaban J connectivity index is 1.94. The number of carbonyl (C=O) groups is 1. The molecule has 0 heterocycles. The molecule has 0 unspecified atom stereocenters. The molecule has 15 heavy (non-hydrogen) atoms. The van der Waals surface area contributed by atoms with Gasteiger partial charge in [-0.15, -0.1) is 0 Å². The van der Waals surface area contributed by atoms with Gasteiger partial charge < -0.3 is 16.8 Å². The van der Waals surface area contributed by atoms with Gasteiger partial charge in [-0.1, -0.05) is 0 Å². The van der Waals surface area contributed by atoms with Crippen LogP contribution in [0.15, 0.2) is 0 Å². The predicted octanol–water partition coefficient (Wildman–Crippen LogP) is 0.502. The van der Waals surface area contributed by atoms with Crippen LogP contribution in [0.2, 0.25) is 0 Å². The van der Waals surface area contributed by atoms with E-state index >= 15 is 0 Å². The molecule has 4 heteroatoms. The average Bonchev–Trinajstić information content (AvgIpc) is 2.20. The summed E-state index contributed by atoms with van der Waals surface area (Å²) < 4.78 is 0. The standard InChI is InChI=1S/C11H23N3O/c12-9-4-6-10(7-5-9)14-8-2-1-3-11(13)15/h9-10,14H,1-8,12H2,(H2,13,15). The van der Waals surface area contributed by atoms with Gasteiger partial charge in [0.1, 0.15) is 0 Å².